The summed E-state index contributed by atoms with van der Waals surface area (Å²) in [7, 11) is 0. The van der Waals surface area contributed by atoms with Crippen molar-refractivity contribution in [2.75, 3.05) is 12.3 Å². The van der Waals surface area contributed by atoms with Crippen molar-refractivity contribution in [3.05, 3.63) is 23.9 Å². The van der Waals surface area contributed by atoms with Gasteiger partial charge in [-0.05, 0) is 39.3 Å². The van der Waals surface area contributed by atoms with Crippen LogP contribution in [0.3, 0.4) is 0 Å². The Hall–Kier alpha value is -1.09. The molecule has 82 valence electrons. The van der Waals surface area contributed by atoms with Gasteiger partial charge in [0.25, 0.3) is 0 Å². The van der Waals surface area contributed by atoms with Crippen LogP contribution < -0.4 is 5.73 Å². The summed E-state index contributed by atoms with van der Waals surface area (Å²) >= 11 is 0. The monoisotopic (exact) mass is 205 g/mol. The lowest BCUT2D eigenvalue weighted by Gasteiger charge is -2.28. The highest BCUT2D eigenvalue weighted by molar-refractivity contribution is 5.41. The number of pyridine rings is 1. The van der Waals surface area contributed by atoms with Gasteiger partial charge in [0.15, 0.2) is 0 Å². The minimum absolute atomic E-state index is 0.471. The maximum Gasteiger partial charge on any atom is 0.128 e. The number of nitrogens with zero attached hydrogens (tertiary/aromatic N) is 2. The molecule has 1 saturated heterocycles. The van der Waals surface area contributed by atoms with Gasteiger partial charge in [-0.2, -0.15) is 0 Å². The van der Waals surface area contributed by atoms with Crippen molar-refractivity contribution in [1.82, 2.24) is 9.88 Å². The molecule has 0 aliphatic carbocycles. The lowest BCUT2D eigenvalue weighted by molar-refractivity contribution is 0.206. The molecule has 1 fully saturated rings. The SMILES string of the molecule is CC(C)N1CCCC1c1cccnc1N. The fourth-order valence-electron chi connectivity index (χ4n) is 2.45. The van der Waals surface area contributed by atoms with Crippen LogP contribution in [0.15, 0.2) is 18.3 Å². The number of hydrogen-bond acceptors (Lipinski definition) is 3. The molecule has 0 spiro atoms. The van der Waals surface area contributed by atoms with E-state index in [0.717, 1.165) is 0 Å². The normalized spacial score (nSPS) is 22.5. The molecule has 0 bridgehead atoms. The molecule has 2 rings (SSSR count). The van der Waals surface area contributed by atoms with Crippen LogP contribution in [0.25, 0.3) is 0 Å². The molecular weight excluding hydrogens is 186 g/mol. The van der Waals surface area contributed by atoms with E-state index in [-0.39, 0.29) is 0 Å². The summed E-state index contributed by atoms with van der Waals surface area (Å²) in [5.41, 5.74) is 7.12. The summed E-state index contributed by atoms with van der Waals surface area (Å²) in [4.78, 5) is 6.68. The van der Waals surface area contributed by atoms with Crippen molar-refractivity contribution in [3.8, 4) is 0 Å². The number of likely N-dealkylation sites (tertiary alicyclic amines) is 1. The summed E-state index contributed by atoms with van der Waals surface area (Å²) in [5, 5.41) is 0. The molecule has 2 heterocycles. The second-order valence-electron chi connectivity index (χ2n) is 4.47. The molecule has 1 aliphatic rings. The van der Waals surface area contributed by atoms with Crippen LogP contribution in [0.5, 0.6) is 0 Å². The van der Waals surface area contributed by atoms with E-state index >= 15 is 0 Å². The second-order valence-corrected chi connectivity index (χ2v) is 4.47. The van der Waals surface area contributed by atoms with Crippen LogP contribution in [0, 0.1) is 0 Å². The number of hydrogen-bond donors (Lipinski definition) is 1. The van der Waals surface area contributed by atoms with Gasteiger partial charge in [0, 0.05) is 23.8 Å². The van der Waals surface area contributed by atoms with Gasteiger partial charge in [0.1, 0.15) is 5.82 Å². The predicted octanol–water partition coefficient (Wildman–Crippen LogP) is 2.21. The zero-order valence-electron chi connectivity index (χ0n) is 9.48. The molecule has 1 atom stereocenters. The lowest BCUT2D eigenvalue weighted by Crippen LogP contribution is -2.30. The van der Waals surface area contributed by atoms with Crippen molar-refractivity contribution in [3.63, 3.8) is 0 Å². The van der Waals surface area contributed by atoms with Gasteiger partial charge >= 0.3 is 0 Å². The van der Waals surface area contributed by atoms with E-state index < -0.39 is 0 Å². The van der Waals surface area contributed by atoms with E-state index in [2.05, 4.69) is 29.8 Å². The first-order valence-electron chi connectivity index (χ1n) is 5.66. The molecule has 0 radical (unpaired) electrons. The number of aromatic nitrogens is 1. The zero-order valence-corrected chi connectivity index (χ0v) is 9.48. The van der Waals surface area contributed by atoms with E-state index in [1.165, 1.54) is 24.9 Å². The number of nitrogen functional groups attached to an aromatic ring is 1. The van der Waals surface area contributed by atoms with Crippen molar-refractivity contribution in [2.45, 2.75) is 38.8 Å². The summed E-state index contributed by atoms with van der Waals surface area (Å²) in [6.45, 7) is 5.66. The third kappa shape index (κ3) is 1.97. The van der Waals surface area contributed by atoms with Crippen LogP contribution >= 0.6 is 0 Å². The number of anilines is 1. The van der Waals surface area contributed by atoms with Gasteiger partial charge in [-0.3, -0.25) is 4.90 Å². The van der Waals surface area contributed by atoms with Crippen molar-refractivity contribution < 1.29 is 0 Å². The zero-order chi connectivity index (χ0) is 10.8. The van der Waals surface area contributed by atoms with E-state index in [1.54, 1.807) is 6.20 Å². The molecule has 1 unspecified atom stereocenters. The van der Waals surface area contributed by atoms with Gasteiger partial charge in [-0.15, -0.1) is 0 Å². The third-order valence-electron chi connectivity index (χ3n) is 3.19. The average molecular weight is 205 g/mol. The average Bonchev–Trinajstić information content (AvgIpc) is 2.67. The molecule has 3 nitrogen and oxygen atoms in total. The van der Waals surface area contributed by atoms with E-state index in [0.29, 0.717) is 17.9 Å². The molecule has 0 amide bonds. The van der Waals surface area contributed by atoms with Gasteiger partial charge in [-0.25, -0.2) is 4.98 Å². The molecule has 1 aromatic rings. The molecule has 0 saturated carbocycles. The predicted molar refractivity (Wildman–Crippen MR) is 62.5 cm³/mol. The Bertz CT molecular complexity index is 335. The van der Waals surface area contributed by atoms with Gasteiger partial charge in [0.05, 0.1) is 0 Å². The molecule has 1 aliphatic heterocycles. The van der Waals surface area contributed by atoms with Crippen LogP contribution in [0.2, 0.25) is 0 Å². The molecular formula is C12H19N3. The lowest BCUT2D eigenvalue weighted by atomic mass is 10.0. The minimum Gasteiger partial charge on any atom is -0.383 e. The fraction of sp³-hybridized carbons (Fsp3) is 0.583. The Kier molecular flexibility index (Phi) is 2.91. The summed E-state index contributed by atoms with van der Waals surface area (Å²) in [6, 6.07) is 5.13. The highest BCUT2D eigenvalue weighted by atomic mass is 15.2. The molecule has 1 aromatic heterocycles. The quantitative estimate of drug-likeness (QED) is 0.805. The first-order chi connectivity index (χ1) is 7.20. The largest absolute Gasteiger partial charge is 0.383 e. The van der Waals surface area contributed by atoms with Crippen LogP contribution in [-0.2, 0) is 0 Å². The summed E-state index contributed by atoms with van der Waals surface area (Å²) in [5.74, 6) is 0.690. The molecule has 15 heavy (non-hydrogen) atoms. The fourth-order valence-corrected chi connectivity index (χ4v) is 2.45. The topological polar surface area (TPSA) is 42.2 Å². The Labute approximate surface area is 91.3 Å². The third-order valence-corrected chi connectivity index (χ3v) is 3.19. The number of nitrogens with two attached hydrogens (primary N) is 1. The first-order valence-corrected chi connectivity index (χ1v) is 5.66. The number of rotatable bonds is 2. The highest BCUT2D eigenvalue weighted by Gasteiger charge is 2.29. The van der Waals surface area contributed by atoms with Gasteiger partial charge in [0.2, 0.25) is 0 Å². The Morgan fingerprint density at radius 2 is 2.33 bits per heavy atom. The van der Waals surface area contributed by atoms with E-state index in [1.807, 2.05) is 6.07 Å². The van der Waals surface area contributed by atoms with Crippen LogP contribution in [0.1, 0.15) is 38.3 Å². The Balaban J connectivity index is 2.27. The van der Waals surface area contributed by atoms with Crippen molar-refractivity contribution >= 4 is 5.82 Å². The van der Waals surface area contributed by atoms with E-state index in [9.17, 15) is 0 Å². The first kappa shape index (κ1) is 10.4. The van der Waals surface area contributed by atoms with Crippen LogP contribution in [-0.4, -0.2) is 22.5 Å². The second kappa shape index (κ2) is 4.19. The summed E-state index contributed by atoms with van der Waals surface area (Å²) in [6.07, 6.45) is 4.22. The Morgan fingerprint density at radius 1 is 1.53 bits per heavy atom. The van der Waals surface area contributed by atoms with Crippen molar-refractivity contribution in [1.29, 1.82) is 0 Å². The van der Waals surface area contributed by atoms with Gasteiger partial charge in [-0.1, -0.05) is 6.07 Å². The smallest absolute Gasteiger partial charge is 0.128 e. The maximum atomic E-state index is 5.92. The Morgan fingerprint density at radius 3 is 3.00 bits per heavy atom. The van der Waals surface area contributed by atoms with Crippen LogP contribution in [0.4, 0.5) is 5.82 Å². The molecule has 0 aromatic carbocycles. The molecule has 3 heteroatoms. The molecule has 2 N–H and O–H groups in total. The standard InChI is InChI=1S/C12H19N3/c1-9(2)15-8-4-6-11(15)10-5-3-7-14-12(10)13/h3,5,7,9,11H,4,6,8H2,1-2H3,(H2,13,14). The minimum atomic E-state index is 0.471. The van der Waals surface area contributed by atoms with Crippen molar-refractivity contribution in [2.24, 2.45) is 0 Å². The van der Waals surface area contributed by atoms with E-state index in [4.69, 9.17) is 5.73 Å². The maximum absolute atomic E-state index is 5.92. The summed E-state index contributed by atoms with van der Waals surface area (Å²) < 4.78 is 0. The highest BCUT2D eigenvalue weighted by Crippen LogP contribution is 2.35. The van der Waals surface area contributed by atoms with Gasteiger partial charge < -0.3 is 5.73 Å².